The molecule has 0 aliphatic carbocycles. The second kappa shape index (κ2) is 8.48. The molecule has 0 bridgehead atoms. The largest absolute Gasteiger partial charge is 0.447 e. The topological polar surface area (TPSA) is 48.0 Å². The summed E-state index contributed by atoms with van der Waals surface area (Å²) in [6.45, 7) is 5.86. The molecule has 134 valence electrons. The summed E-state index contributed by atoms with van der Waals surface area (Å²) in [4.78, 5) is 23.0. The van der Waals surface area contributed by atoms with Crippen LogP contribution in [0.4, 0.5) is 9.18 Å². The van der Waals surface area contributed by atoms with Crippen LogP contribution in [-0.4, -0.2) is 38.3 Å². The molecule has 0 N–H and O–H groups in total. The Morgan fingerprint density at radius 2 is 2.04 bits per heavy atom. The van der Waals surface area contributed by atoms with E-state index < -0.39 is 6.09 Å². The SMILES string of the molecule is C=Cc1c(F)ccc2cc(OOCCOC(=O)N(C)C)cc(CC)c12. The van der Waals surface area contributed by atoms with Crippen molar-refractivity contribution in [2.24, 2.45) is 0 Å². The number of hydrogen-bond acceptors (Lipinski definition) is 4. The molecule has 0 saturated heterocycles. The maximum Gasteiger partial charge on any atom is 0.409 e. The van der Waals surface area contributed by atoms with Crippen molar-refractivity contribution in [1.82, 2.24) is 4.90 Å². The molecule has 0 aliphatic heterocycles. The van der Waals surface area contributed by atoms with Crippen molar-refractivity contribution in [3.63, 3.8) is 0 Å². The number of amides is 1. The minimum atomic E-state index is -0.443. The van der Waals surface area contributed by atoms with Gasteiger partial charge in [0.2, 0.25) is 0 Å². The molecule has 0 aromatic heterocycles. The molecule has 0 fully saturated rings. The zero-order valence-corrected chi connectivity index (χ0v) is 14.7. The van der Waals surface area contributed by atoms with Crippen LogP contribution in [0.15, 0.2) is 30.8 Å². The van der Waals surface area contributed by atoms with Crippen molar-refractivity contribution in [1.29, 1.82) is 0 Å². The zero-order chi connectivity index (χ0) is 18.4. The fourth-order valence-corrected chi connectivity index (χ4v) is 2.46. The molecule has 2 rings (SSSR count). The van der Waals surface area contributed by atoms with E-state index in [0.717, 1.165) is 16.3 Å². The number of carbonyl (C=O) groups is 1. The number of ether oxygens (including phenoxy) is 1. The molecular formula is C19H22FNO4. The smallest absolute Gasteiger partial charge is 0.409 e. The average Bonchev–Trinajstić information content (AvgIpc) is 2.60. The van der Waals surface area contributed by atoms with Gasteiger partial charge in [0.15, 0.2) is 5.75 Å². The Morgan fingerprint density at radius 1 is 1.28 bits per heavy atom. The van der Waals surface area contributed by atoms with Gasteiger partial charge in [0.05, 0.1) is 0 Å². The summed E-state index contributed by atoms with van der Waals surface area (Å²) < 4.78 is 18.9. The maximum atomic E-state index is 14.0. The lowest BCUT2D eigenvalue weighted by Crippen LogP contribution is -2.24. The molecule has 0 saturated carbocycles. The second-order valence-electron chi connectivity index (χ2n) is 5.61. The van der Waals surface area contributed by atoms with E-state index in [9.17, 15) is 9.18 Å². The Morgan fingerprint density at radius 3 is 2.68 bits per heavy atom. The van der Waals surface area contributed by atoms with Gasteiger partial charge in [0.1, 0.15) is 19.0 Å². The lowest BCUT2D eigenvalue weighted by Gasteiger charge is -2.13. The third-order valence-corrected chi connectivity index (χ3v) is 3.66. The number of fused-ring (bicyclic) bond motifs is 1. The third-order valence-electron chi connectivity index (χ3n) is 3.66. The molecule has 0 spiro atoms. The van der Waals surface area contributed by atoms with E-state index in [1.165, 1.54) is 17.0 Å². The highest BCUT2D eigenvalue weighted by atomic mass is 19.1. The first-order valence-electron chi connectivity index (χ1n) is 7.99. The van der Waals surface area contributed by atoms with Gasteiger partial charge in [0, 0.05) is 19.7 Å². The Bertz CT molecular complexity index is 774. The number of halogens is 1. The van der Waals surface area contributed by atoms with E-state index in [1.54, 1.807) is 32.3 Å². The molecule has 2 aromatic rings. The van der Waals surface area contributed by atoms with Crippen LogP contribution in [-0.2, 0) is 16.0 Å². The van der Waals surface area contributed by atoms with E-state index >= 15 is 0 Å². The normalized spacial score (nSPS) is 10.6. The predicted octanol–water partition coefficient (Wildman–Crippen LogP) is 4.19. The van der Waals surface area contributed by atoms with Crippen LogP contribution in [0.2, 0.25) is 0 Å². The highest BCUT2D eigenvalue weighted by Gasteiger charge is 2.11. The van der Waals surface area contributed by atoms with Gasteiger partial charge in [-0.3, -0.25) is 0 Å². The monoisotopic (exact) mass is 347 g/mol. The van der Waals surface area contributed by atoms with Crippen LogP contribution in [0, 0.1) is 5.82 Å². The minimum absolute atomic E-state index is 0.0804. The van der Waals surface area contributed by atoms with Crippen molar-refractivity contribution in [2.75, 3.05) is 27.3 Å². The van der Waals surface area contributed by atoms with Crippen molar-refractivity contribution < 1.29 is 23.7 Å². The van der Waals surface area contributed by atoms with Crippen LogP contribution in [0.1, 0.15) is 18.1 Å². The van der Waals surface area contributed by atoms with Gasteiger partial charge in [0.25, 0.3) is 0 Å². The standard InChI is InChI=1S/C19H22FNO4/c1-5-13-11-15(25-24-10-9-23-19(22)21(3)4)12-14-7-8-17(20)16(6-2)18(13)14/h6-8,11-12H,2,5,9-10H2,1,3-4H3. The van der Waals surface area contributed by atoms with E-state index in [2.05, 4.69) is 6.58 Å². The van der Waals surface area contributed by atoms with E-state index in [-0.39, 0.29) is 19.0 Å². The molecule has 0 unspecified atom stereocenters. The Labute approximate surface area is 146 Å². The average molecular weight is 347 g/mol. The van der Waals surface area contributed by atoms with Crippen LogP contribution < -0.4 is 4.89 Å². The fourth-order valence-electron chi connectivity index (χ4n) is 2.46. The van der Waals surface area contributed by atoms with Crippen molar-refractivity contribution in [3.8, 4) is 5.75 Å². The van der Waals surface area contributed by atoms with Gasteiger partial charge in [-0.15, -0.1) is 0 Å². The number of rotatable bonds is 7. The molecule has 0 heterocycles. The highest BCUT2D eigenvalue weighted by Crippen LogP contribution is 2.31. The first-order valence-corrected chi connectivity index (χ1v) is 7.99. The van der Waals surface area contributed by atoms with Gasteiger partial charge in [-0.25, -0.2) is 9.18 Å². The van der Waals surface area contributed by atoms with Gasteiger partial charge >= 0.3 is 6.09 Å². The summed E-state index contributed by atoms with van der Waals surface area (Å²) in [7, 11) is 3.20. The summed E-state index contributed by atoms with van der Waals surface area (Å²) >= 11 is 0. The lowest BCUT2D eigenvalue weighted by atomic mass is 9.97. The molecular weight excluding hydrogens is 325 g/mol. The van der Waals surface area contributed by atoms with Gasteiger partial charge in [-0.1, -0.05) is 25.6 Å². The molecule has 0 radical (unpaired) electrons. The summed E-state index contributed by atoms with van der Waals surface area (Å²) in [5.41, 5.74) is 1.42. The van der Waals surface area contributed by atoms with Crippen LogP contribution >= 0.6 is 0 Å². The van der Waals surface area contributed by atoms with Crippen molar-refractivity contribution >= 4 is 22.9 Å². The molecule has 6 heteroatoms. The lowest BCUT2D eigenvalue weighted by molar-refractivity contribution is -0.212. The molecule has 25 heavy (non-hydrogen) atoms. The predicted molar refractivity (Wildman–Crippen MR) is 95.0 cm³/mol. The van der Waals surface area contributed by atoms with Crippen molar-refractivity contribution in [3.05, 3.63) is 47.8 Å². The summed E-state index contributed by atoms with van der Waals surface area (Å²) in [5.74, 6) is 0.203. The van der Waals surface area contributed by atoms with Crippen molar-refractivity contribution in [2.45, 2.75) is 13.3 Å². The van der Waals surface area contributed by atoms with Gasteiger partial charge < -0.3 is 14.5 Å². The molecule has 5 nitrogen and oxygen atoms in total. The quantitative estimate of drug-likeness (QED) is 0.428. The minimum Gasteiger partial charge on any atom is -0.447 e. The Kier molecular flexibility index (Phi) is 6.36. The molecule has 2 aromatic carbocycles. The first kappa shape index (κ1) is 18.7. The number of nitrogens with zero attached hydrogens (tertiary/aromatic N) is 1. The van der Waals surface area contributed by atoms with E-state index in [1.807, 2.05) is 6.92 Å². The number of aryl methyl sites for hydroxylation is 1. The van der Waals surface area contributed by atoms with Crippen LogP contribution in [0.25, 0.3) is 16.8 Å². The summed E-state index contributed by atoms with van der Waals surface area (Å²) in [5, 5.41) is 1.66. The van der Waals surface area contributed by atoms with Gasteiger partial charge in [-0.05, 0) is 41.0 Å². The number of hydrogen-bond donors (Lipinski definition) is 0. The summed E-state index contributed by atoms with van der Waals surface area (Å²) in [6, 6.07) is 6.68. The molecule has 0 atom stereocenters. The Hall–Kier alpha value is -2.60. The van der Waals surface area contributed by atoms with Crippen LogP contribution in [0.3, 0.4) is 0 Å². The van der Waals surface area contributed by atoms with Gasteiger partial charge in [-0.2, -0.15) is 4.89 Å². The van der Waals surface area contributed by atoms with E-state index in [4.69, 9.17) is 14.5 Å². The van der Waals surface area contributed by atoms with E-state index in [0.29, 0.717) is 17.7 Å². The Balaban J connectivity index is 2.09. The molecule has 0 aliphatic rings. The molecule has 1 amide bonds. The highest BCUT2D eigenvalue weighted by molar-refractivity contribution is 5.94. The number of benzene rings is 2. The first-order chi connectivity index (χ1) is 12.0. The van der Waals surface area contributed by atoms with Crippen LogP contribution in [0.5, 0.6) is 5.75 Å². The fraction of sp³-hybridized carbons (Fsp3) is 0.316. The summed E-state index contributed by atoms with van der Waals surface area (Å²) in [6.07, 6.45) is 1.78. The maximum absolute atomic E-state index is 14.0. The number of carbonyl (C=O) groups excluding carboxylic acids is 1. The second-order valence-corrected chi connectivity index (χ2v) is 5.61. The third kappa shape index (κ3) is 4.48. The zero-order valence-electron chi connectivity index (χ0n) is 14.7.